The van der Waals surface area contributed by atoms with E-state index in [9.17, 15) is 23.5 Å². The first-order valence-electron chi connectivity index (χ1n) is 8.82. The molecule has 8 heteroatoms. The number of aryl methyl sites for hydroxylation is 1. The average molecular weight is 385 g/mol. The molecule has 0 saturated carbocycles. The van der Waals surface area contributed by atoms with Crippen molar-refractivity contribution in [2.75, 3.05) is 11.4 Å². The molecule has 0 unspecified atom stereocenters. The lowest BCUT2D eigenvalue weighted by molar-refractivity contribution is -0.147. The second-order valence-electron chi connectivity index (χ2n) is 6.91. The van der Waals surface area contributed by atoms with Gasteiger partial charge in [-0.25, -0.2) is 8.78 Å². The van der Waals surface area contributed by atoms with E-state index in [1.807, 2.05) is 0 Å². The number of aromatic amines is 1. The Bertz CT molecular complexity index is 1060. The molecule has 1 aliphatic heterocycles. The highest BCUT2D eigenvalue weighted by Crippen LogP contribution is 2.31. The zero-order valence-corrected chi connectivity index (χ0v) is 14.8. The number of aromatic nitrogens is 2. The molecular weight excluding hydrogens is 368 g/mol. The minimum absolute atomic E-state index is 0.0318. The third-order valence-electron chi connectivity index (χ3n) is 5.06. The lowest BCUT2D eigenvalue weighted by atomic mass is 9.92. The Morgan fingerprint density at radius 2 is 1.96 bits per heavy atom. The Hall–Kier alpha value is -3.13. The van der Waals surface area contributed by atoms with Gasteiger partial charge in [-0.1, -0.05) is 0 Å². The summed E-state index contributed by atoms with van der Waals surface area (Å²) in [6, 6.07) is 8.23. The molecule has 2 heterocycles. The summed E-state index contributed by atoms with van der Waals surface area (Å²) in [4.78, 5) is 26.7. The molecule has 4 rings (SSSR count). The first-order valence-corrected chi connectivity index (χ1v) is 8.82. The normalized spacial score (nSPS) is 19.5. The summed E-state index contributed by atoms with van der Waals surface area (Å²) in [6.07, 6.45) is 1.42. The van der Waals surface area contributed by atoms with Gasteiger partial charge in [0.2, 0.25) is 5.60 Å². The van der Waals surface area contributed by atoms with E-state index in [1.54, 1.807) is 24.4 Å². The van der Waals surface area contributed by atoms with Crippen molar-refractivity contribution in [3.8, 4) is 0 Å². The van der Waals surface area contributed by atoms with E-state index in [0.717, 1.165) is 29.1 Å². The van der Waals surface area contributed by atoms with Crippen LogP contribution in [-0.2, 0) is 16.0 Å². The van der Waals surface area contributed by atoms with Gasteiger partial charge in [-0.3, -0.25) is 14.7 Å². The van der Waals surface area contributed by atoms with E-state index in [1.165, 1.54) is 4.90 Å². The molecule has 1 atom stereocenters. The molecule has 144 valence electrons. The van der Waals surface area contributed by atoms with Crippen LogP contribution in [0.3, 0.4) is 0 Å². The second-order valence-corrected chi connectivity index (χ2v) is 6.91. The maximum Gasteiger partial charge on any atom is 0.266 e. The molecule has 1 saturated heterocycles. The van der Waals surface area contributed by atoms with Crippen molar-refractivity contribution < 1.29 is 23.5 Å². The number of nitrogens with one attached hydrogen (secondary N) is 1. The van der Waals surface area contributed by atoms with Gasteiger partial charge < -0.3 is 10.0 Å². The number of hydrogen-bond donors (Lipinski definition) is 2. The molecule has 1 amide bonds. The number of benzene rings is 2. The van der Waals surface area contributed by atoms with Gasteiger partial charge in [0.05, 0.1) is 11.7 Å². The molecule has 0 aliphatic carbocycles. The third kappa shape index (κ3) is 3.16. The molecule has 0 radical (unpaired) electrons. The summed E-state index contributed by atoms with van der Waals surface area (Å²) in [5, 5.41) is 18.3. The largest absolute Gasteiger partial charge is 0.373 e. The van der Waals surface area contributed by atoms with Gasteiger partial charge in [-0.05, 0) is 42.3 Å². The Morgan fingerprint density at radius 3 is 2.71 bits per heavy atom. The predicted molar refractivity (Wildman–Crippen MR) is 97.7 cm³/mol. The number of carbonyl (C=O) groups is 2. The molecule has 2 N–H and O–H groups in total. The third-order valence-corrected chi connectivity index (χ3v) is 5.06. The number of ketones is 1. The number of Topliss-reactive ketones (excluding diaryl/α,β-unsaturated/α-hetero) is 1. The highest BCUT2D eigenvalue weighted by molar-refractivity contribution is 6.17. The van der Waals surface area contributed by atoms with E-state index in [0.29, 0.717) is 11.3 Å². The number of H-pyrrole nitrogens is 1. The highest BCUT2D eigenvalue weighted by Gasteiger charge is 2.50. The van der Waals surface area contributed by atoms with Crippen molar-refractivity contribution in [3.05, 3.63) is 59.8 Å². The van der Waals surface area contributed by atoms with Gasteiger partial charge in [0, 0.05) is 36.5 Å². The summed E-state index contributed by atoms with van der Waals surface area (Å²) in [5.74, 6) is -2.82. The number of hydrogen-bond acceptors (Lipinski definition) is 4. The fourth-order valence-corrected chi connectivity index (χ4v) is 3.53. The van der Waals surface area contributed by atoms with Crippen molar-refractivity contribution in [1.82, 2.24) is 10.2 Å². The molecule has 2 aromatic carbocycles. The molecule has 28 heavy (non-hydrogen) atoms. The number of fused-ring (bicyclic) bond motifs is 1. The van der Waals surface area contributed by atoms with Crippen LogP contribution in [0.4, 0.5) is 14.5 Å². The first-order chi connectivity index (χ1) is 13.4. The summed E-state index contributed by atoms with van der Waals surface area (Å²) in [6.45, 7) is 0.193. The van der Waals surface area contributed by atoms with Crippen LogP contribution in [0.5, 0.6) is 0 Å². The van der Waals surface area contributed by atoms with Crippen LogP contribution in [0.25, 0.3) is 10.9 Å². The number of rotatable bonds is 5. The quantitative estimate of drug-likeness (QED) is 0.661. The summed E-state index contributed by atoms with van der Waals surface area (Å²) in [7, 11) is 0. The standard InChI is InChI=1S/C20H17F2N3O3/c21-14-7-12(8-15(22)10-14)1-4-18(26)20(28)5-6-25(19(20)27)16-2-3-17-13(9-16)11-23-24-17/h2-3,7-11,28H,1,4-6H2,(H,23,24)/t20-/m0/s1. The van der Waals surface area contributed by atoms with Crippen LogP contribution in [0.15, 0.2) is 42.6 Å². The number of nitrogens with zero attached hydrogens (tertiary/aromatic N) is 2. The van der Waals surface area contributed by atoms with Crippen LogP contribution >= 0.6 is 0 Å². The average Bonchev–Trinajstić information content (AvgIpc) is 3.24. The van der Waals surface area contributed by atoms with Crippen LogP contribution in [-0.4, -0.2) is 39.1 Å². The number of carbonyl (C=O) groups excluding carboxylic acids is 2. The fourth-order valence-electron chi connectivity index (χ4n) is 3.53. The Kier molecular flexibility index (Phi) is 4.43. The summed E-state index contributed by atoms with van der Waals surface area (Å²) >= 11 is 0. The maximum atomic E-state index is 13.3. The van der Waals surface area contributed by atoms with Gasteiger partial charge in [0.15, 0.2) is 5.78 Å². The fraction of sp³-hybridized carbons (Fsp3) is 0.250. The monoisotopic (exact) mass is 385 g/mol. The van der Waals surface area contributed by atoms with Crippen LogP contribution < -0.4 is 4.90 Å². The molecule has 3 aromatic rings. The van der Waals surface area contributed by atoms with Gasteiger partial charge >= 0.3 is 0 Å². The second kappa shape index (κ2) is 6.79. The zero-order valence-electron chi connectivity index (χ0n) is 14.8. The Balaban J connectivity index is 1.49. The minimum atomic E-state index is -2.13. The molecule has 1 fully saturated rings. The summed E-state index contributed by atoms with van der Waals surface area (Å²) in [5.41, 5.74) is -0.460. The number of amides is 1. The maximum absolute atomic E-state index is 13.3. The molecule has 1 aromatic heterocycles. The SMILES string of the molecule is O=C(CCc1cc(F)cc(F)c1)[C@@]1(O)CCN(c2ccc3[nH]ncc3c2)C1=O. The highest BCUT2D eigenvalue weighted by atomic mass is 19.1. The van der Waals surface area contributed by atoms with Crippen LogP contribution in [0, 0.1) is 11.6 Å². The number of aliphatic hydroxyl groups is 1. The molecule has 0 bridgehead atoms. The predicted octanol–water partition coefficient (Wildman–Crippen LogP) is 2.51. The van der Waals surface area contributed by atoms with Crippen molar-refractivity contribution in [1.29, 1.82) is 0 Å². The van der Waals surface area contributed by atoms with Gasteiger partial charge in [0.25, 0.3) is 5.91 Å². The lowest BCUT2D eigenvalue weighted by Crippen LogP contribution is -2.47. The summed E-state index contributed by atoms with van der Waals surface area (Å²) < 4.78 is 26.6. The Morgan fingerprint density at radius 1 is 1.21 bits per heavy atom. The molecule has 1 aliphatic rings. The first kappa shape index (κ1) is 18.2. The molecule has 0 spiro atoms. The molecule has 6 nitrogen and oxygen atoms in total. The van der Waals surface area contributed by atoms with E-state index < -0.39 is 28.9 Å². The van der Waals surface area contributed by atoms with Crippen molar-refractivity contribution in [2.45, 2.75) is 24.9 Å². The Labute approximate surface area is 158 Å². The van der Waals surface area contributed by atoms with Crippen LogP contribution in [0.1, 0.15) is 18.4 Å². The van der Waals surface area contributed by atoms with E-state index >= 15 is 0 Å². The number of halogens is 2. The van der Waals surface area contributed by atoms with Crippen molar-refractivity contribution in [3.63, 3.8) is 0 Å². The van der Waals surface area contributed by atoms with Crippen molar-refractivity contribution >= 4 is 28.3 Å². The van der Waals surface area contributed by atoms with Gasteiger partial charge in [-0.15, -0.1) is 0 Å². The van der Waals surface area contributed by atoms with Gasteiger partial charge in [0.1, 0.15) is 11.6 Å². The van der Waals surface area contributed by atoms with Crippen LogP contribution in [0.2, 0.25) is 0 Å². The van der Waals surface area contributed by atoms with Crippen molar-refractivity contribution in [2.24, 2.45) is 0 Å². The van der Waals surface area contributed by atoms with Gasteiger partial charge in [-0.2, -0.15) is 5.10 Å². The van der Waals surface area contributed by atoms with E-state index in [2.05, 4.69) is 10.2 Å². The van der Waals surface area contributed by atoms with E-state index in [-0.39, 0.29) is 25.8 Å². The van der Waals surface area contributed by atoms with E-state index in [4.69, 9.17) is 0 Å². The lowest BCUT2D eigenvalue weighted by Gasteiger charge is -2.21. The smallest absolute Gasteiger partial charge is 0.266 e. The zero-order chi connectivity index (χ0) is 19.9. The molecular formula is C20H17F2N3O3. The number of anilines is 1. The topological polar surface area (TPSA) is 86.3 Å². The minimum Gasteiger partial charge on any atom is -0.373 e.